The summed E-state index contributed by atoms with van der Waals surface area (Å²) in [5.74, 6) is 2.33. The number of anilines is 1. The number of hydrogen-bond donors (Lipinski definition) is 1. The lowest BCUT2D eigenvalue weighted by atomic mass is 10.0. The molecule has 0 atom stereocenters. The van der Waals surface area contributed by atoms with Crippen LogP contribution in [-0.4, -0.2) is 12.5 Å². The SMILES string of the molecule is CCOc1ccccc1NC(=O)c1ccc(COc2ccc(C(C)C)cc2)o1. The monoisotopic (exact) mass is 379 g/mol. The van der Waals surface area contributed by atoms with Crippen molar-refractivity contribution in [1.29, 1.82) is 0 Å². The van der Waals surface area contributed by atoms with Gasteiger partial charge < -0.3 is 19.2 Å². The van der Waals surface area contributed by atoms with Crippen LogP contribution in [-0.2, 0) is 6.61 Å². The number of ether oxygens (including phenoxy) is 2. The zero-order valence-corrected chi connectivity index (χ0v) is 16.4. The van der Waals surface area contributed by atoms with Gasteiger partial charge in [-0.2, -0.15) is 0 Å². The van der Waals surface area contributed by atoms with E-state index in [2.05, 4.69) is 31.3 Å². The molecule has 0 aliphatic rings. The number of hydrogen-bond acceptors (Lipinski definition) is 4. The van der Waals surface area contributed by atoms with Gasteiger partial charge >= 0.3 is 0 Å². The lowest BCUT2D eigenvalue weighted by molar-refractivity contribution is 0.0992. The van der Waals surface area contributed by atoms with E-state index < -0.39 is 0 Å². The second kappa shape index (κ2) is 9.13. The molecule has 28 heavy (non-hydrogen) atoms. The van der Waals surface area contributed by atoms with Gasteiger partial charge in [0.15, 0.2) is 5.76 Å². The predicted molar refractivity (Wildman–Crippen MR) is 109 cm³/mol. The van der Waals surface area contributed by atoms with Crippen LogP contribution in [0, 0.1) is 0 Å². The van der Waals surface area contributed by atoms with Crippen molar-refractivity contribution in [2.24, 2.45) is 0 Å². The van der Waals surface area contributed by atoms with E-state index in [4.69, 9.17) is 13.9 Å². The summed E-state index contributed by atoms with van der Waals surface area (Å²) in [6.45, 7) is 6.97. The molecule has 146 valence electrons. The van der Waals surface area contributed by atoms with Crippen molar-refractivity contribution < 1.29 is 18.7 Å². The Labute approximate surface area is 165 Å². The summed E-state index contributed by atoms with van der Waals surface area (Å²) in [4.78, 5) is 12.5. The predicted octanol–water partition coefficient (Wildman–Crippen LogP) is 5.63. The first-order valence-corrected chi connectivity index (χ1v) is 9.41. The van der Waals surface area contributed by atoms with Crippen LogP contribution in [0.25, 0.3) is 0 Å². The van der Waals surface area contributed by atoms with Crippen LogP contribution >= 0.6 is 0 Å². The minimum atomic E-state index is -0.334. The highest BCUT2D eigenvalue weighted by atomic mass is 16.5. The molecule has 0 saturated carbocycles. The number of rotatable bonds is 8. The van der Waals surface area contributed by atoms with E-state index in [0.717, 1.165) is 5.75 Å². The zero-order valence-electron chi connectivity index (χ0n) is 16.4. The van der Waals surface area contributed by atoms with Gasteiger partial charge in [0.05, 0.1) is 12.3 Å². The van der Waals surface area contributed by atoms with Gasteiger partial charge in [0, 0.05) is 0 Å². The van der Waals surface area contributed by atoms with Crippen LogP contribution in [0.15, 0.2) is 65.1 Å². The first-order chi connectivity index (χ1) is 13.6. The number of nitrogens with one attached hydrogen (secondary N) is 1. The molecule has 5 nitrogen and oxygen atoms in total. The van der Waals surface area contributed by atoms with Crippen LogP contribution in [0.3, 0.4) is 0 Å². The standard InChI is InChI=1S/C23H25NO4/c1-4-26-21-8-6-5-7-20(21)24-23(25)22-14-13-19(28-22)15-27-18-11-9-17(10-12-18)16(2)3/h5-14,16H,4,15H2,1-3H3,(H,24,25). The van der Waals surface area contributed by atoms with Crippen molar-refractivity contribution in [3.8, 4) is 11.5 Å². The van der Waals surface area contributed by atoms with Gasteiger partial charge in [0.2, 0.25) is 0 Å². The summed E-state index contributed by atoms with van der Waals surface area (Å²) in [6.07, 6.45) is 0. The maximum absolute atomic E-state index is 12.5. The molecular weight excluding hydrogens is 354 g/mol. The van der Waals surface area contributed by atoms with Crippen LogP contribution in [0.5, 0.6) is 11.5 Å². The van der Waals surface area contributed by atoms with E-state index >= 15 is 0 Å². The molecule has 0 spiro atoms. The third-order valence-corrected chi connectivity index (χ3v) is 4.25. The number of carbonyl (C=O) groups is 1. The topological polar surface area (TPSA) is 60.7 Å². The molecule has 1 N–H and O–H groups in total. The third kappa shape index (κ3) is 4.94. The molecular formula is C23H25NO4. The van der Waals surface area contributed by atoms with Crippen molar-refractivity contribution in [1.82, 2.24) is 0 Å². The van der Waals surface area contributed by atoms with Gasteiger partial charge in [-0.25, -0.2) is 0 Å². The fraction of sp³-hybridized carbons (Fsp3) is 0.261. The van der Waals surface area contributed by atoms with Gasteiger partial charge in [0.25, 0.3) is 5.91 Å². The summed E-state index contributed by atoms with van der Waals surface area (Å²) < 4.78 is 16.9. The fourth-order valence-electron chi connectivity index (χ4n) is 2.72. The van der Waals surface area contributed by atoms with Gasteiger partial charge in [-0.3, -0.25) is 4.79 Å². The number of benzene rings is 2. The third-order valence-electron chi connectivity index (χ3n) is 4.25. The second-order valence-electron chi connectivity index (χ2n) is 6.66. The lowest BCUT2D eigenvalue weighted by Crippen LogP contribution is -2.12. The highest BCUT2D eigenvalue weighted by Gasteiger charge is 2.14. The summed E-state index contributed by atoms with van der Waals surface area (Å²) in [5, 5.41) is 2.82. The van der Waals surface area contributed by atoms with Crippen LogP contribution in [0.2, 0.25) is 0 Å². The van der Waals surface area contributed by atoms with Crippen molar-refractivity contribution in [3.05, 3.63) is 77.7 Å². The van der Waals surface area contributed by atoms with E-state index in [0.29, 0.717) is 29.7 Å². The largest absolute Gasteiger partial charge is 0.492 e. The maximum atomic E-state index is 12.5. The molecule has 0 aliphatic carbocycles. The Morgan fingerprint density at radius 2 is 1.75 bits per heavy atom. The Hall–Kier alpha value is -3.21. The van der Waals surface area contributed by atoms with E-state index in [-0.39, 0.29) is 18.3 Å². The Bertz CT molecular complexity index is 912. The van der Waals surface area contributed by atoms with E-state index in [1.807, 2.05) is 37.3 Å². The molecule has 5 heteroatoms. The van der Waals surface area contributed by atoms with Crippen molar-refractivity contribution in [3.63, 3.8) is 0 Å². The van der Waals surface area contributed by atoms with Crippen LogP contribution in [0.4, 0.5) is 5.69 Å². The molecule has 0 radical (unpaired) electrons. The van der Waals surface area contributed by atoms with Crippen molar-refractivity contribution >= 4 is 11.6 Å². The summed E-state index contributed by atoms with van der Waals surface area (Å²) in [5.41, 5.74) is 1.87. The van der Waals surface area contributed by atoms with Gasteiger partial charge in [-0.15, -0.1) is 0 Å². The lowest BCUT2D eigenvalue weighted by Gasteiger charge is -2.10. The second-order valence-corrected chi connectivity index (χ2v) is 6.66. The van der Waals surface area contributed by atoms with E-state index in [1.54, 1.807) is 18.2 Å². The van der Waals surface area contributed by atoms with Crippen molar-refractivity contribution in [2.45, 2.75) is 33.3 Å². The average molecular weight is 379 g/mol. The van der Waals surface area contributed by atoms with Crippen LogP contribution in [0.1, 0.15) is 48.6 Å². The normalized spacial score (nSPS) is 10.7. The Balaban J connectivity index is 1.60. The van der Waals surface area contributed by atoms with Gasteiger partial charge in [0.1, 0.15) is 23.9 Å². The average Bonchev–Trinajstić information content (AvgIpc) is 3.17. The smallest absolute Gasteiger partial charge is 0.291 e. The molecule has 0 bridgehead atoms. The molecule has 2 aromatic carbocycles. The van der Waals surface area contributed by atoms with Gasteiger partial charge in [-0.1, -0.05) is 38.1 Å². The summed E-state index contributed by atoms with van der Waals surface area (Å²) in [7, 11) is 0. The molecule has 3 aromatic rings. The first kappa shape index (κ1) is 19.5. The van der Waals surface area contributed by atoms with Gasteiger partial charge in [-0.05, 0) is 54.8 Å². The molecule has 3 rings (SSSR count). The molecule has 0 unspecified atom stereocenters. The molecule has 1 amide bonds. The molecule has 0 fully saturated rings. The highest BCUT2D eigenvalue weighted by molar-refractivity contribution is 6.03. The Kier molecular flexibility index (Phi) is 6.37. The fourth-order valence-corrected chi connectivity index (χ4v) is 2.72. The first-order valence-electron chi connectivity index (χ1n) is 9.41. The Morgan fingerprint density at radius 3 is 2.46 bits per heavy atom. The molecule has 0 aliphatic heterocycles. The molecule has 1 aromatic heterocycles. The zero-order chi connectivity index (χ0) is 19.9. The number of carbonyl (C=O) groups excluding carboxylic acids is 1. The minimum absolute atomic E-state index is 0.222. The summed E-state index contributed by atoms with van der Waals surface area (Å²) in [6, 6.07) is 18.7. The van der Waals surface area contributed by atoms with E-state index in [9.17, 15) is 4.79 Å². The maximum Gasteiger partial charge on any atom is 0.291 e. The molecule has 1 heterocycles. The van der Waals surface area contributed by atoms with Crippen LogP contribution < -0.4 is 14.8 Å². The quantitative estimate of drug-likeness (QED) is 0.551. The van der Waals surface area contributed by atoms with Crippen molar-refractivity contribution in [2.75, 3.05) is 11.9 Å². The minimum Gasteiger partial charge on any atom is -0.492 e. The Morgan fingerprint density at radius 1 is 1.00 bits per heavy atom. The molecule has 0 saturated heterocycles. The number of para-hydroxylation sites is 2. The summed E-state index contributed by atoms with van der Waals surface area (Å²) >= 11 is 0. The number of amides is 1. The number of furan rings is 1. The highest BCUT2D eigenvalue weighted by Crippen LogP contribution is 2.25. The van der Waals surface area contributed by atoms with E-state index in [1.165, 1.54) is 5.56 Å².